The van der Waals surface area contributed by atoms with Gasteiger partial charge in [0.15, 0.2) is 6.61 Å². The molecular formula is C23H31N3O3S. The molecule has 0 radical (unpaired) electrons. The Hall–Kier alpha value is -2.02. The van der Waals surface area contributed by atoms with Crippen molar-refractivity contribution in [1.29, 1.82) is 0 Å². The summed E-state index contributed by atoms with van der Waals surface area (Å²) >= 11 is 1.34. The second kappa shape index (κ2) is 10.8. The van der Waals surface area contributed by atoms with Gasteiger partial charge in [0, 0.05) is 12.1 Å². The number of nitrogens with zero attached hydrogens (tertiary/aromatic N) is 3. The first kappa shape index (κ1) is 21.2. The summed E-state index contributed by atoms with van der Waals surface area (Å²) in [6.45, 7) is 0.224. The summed E-state index contributed by atoms with van der Waals surface area (Å²) < 4.78 is 11.3. The highest BCUT2D eigenvalue weighted by Gasteiger charge is 2.32. The molecule has 2 aliphatic rings. The highest BCUT2D eigenvalue weighted by molar-refractivity contribution is 7.99. The smallest absolute Gasteiger partial charge is 0.277 e. The van der Waals surface area contributed by atoms with E-state index in [0.29, 0.717) is 29.0 Å². The van der Waals surface area contributed by atoms with Crippen LogP contribution in [0.3, 0.4) is 0 Å². The minimum absolute atomic E-state index is 0.221. The van der Waals surface area contributed by atoms with Crippen LogP contribution in [0.25, 0.3) is 0 Å². The van der Waals surface area contributed by atoms with E-state index in [1.807, 2.05) is 30.3 Å². The van der Waals surface area contributed by atoms with Crippen LogP contribution in [0.4, 0.5) is 0 Å². The molecule has 1 aromatic heterocycles. The van der Waals surface area contributed by atoms with Gasteiger partial charge in [0.2, 0.25) is 5.91 Å². The third kappa shape index (κ3) is 5.78. The highest BCUT2D eigenvalue weighted by Crippen LogP contribution is 2.31. The van der Waals surface area contributed by atoms with Crippen LogP contribution < -0.4 is 4.74 Å². The highest BCUT2D eigenvalue weighted by atomic mass is 32.2. The van der Waals surface area contributed by atoms with E-state index in [4.69, 9.17) is 9.15 Å². The van der Waals surface area contributed by atoms with Gasteiger partial charge in [0.1, 0.15) is 5.75 Å². The fourth-order valence-corrected chi connectivity index (χ4v) is 5.29. The Bertz CT molecular complexity index is 768. The van der Waals surface area contributed by atoms with E-state index < -0.39 is 0 Å². The lowest BCUT2D eigenvalue weighted by Crippen LogP contribution is -2.49. The third-order valence-electron chi connectivity index (χ3n) is 6.10. The van der Waals surface area contributed by atoms with Crippen LogP contribution in [0, 0.1) is 0 Å². The van der Waals surface area contributed by atoms with Gasteiger partial charge in [0.05, 0.1) is 5.75 Å². The molecule has 4 rings (SSSR count). The van der Waals surface area contributed by atoms with Gasteiger partial charge in [-0.1, -0.05) is 68.5 Å². The number of rotatable bonds is 8. The van der Waals surface area contributed by atoms with E-state index in [9.17, 15) is 4.79 Å². The van der Waals surface area contributed by atoms with Crippen LogP contribution >= 0.6 is 11.8 Å². The average molecular weight is 430 g/mol. The van der Waals surface area contributed by atoms with E-state index in [-0.39, 0.29) is 12.5 Å². The van der Waals surface area contributed by atoms with E-state index in [1.54, 1.807) is 0 Å². The van der Waals surface area contributed by atoms with E-state index >= 15 is 0 Å². The van der Waals surface area contributed by atoms with Gasteiger partial charge in [-0.2, -0.15) is 0 Å². The molecule has 1 heterocycles. The summed E-state index contributed by atoms with van der Waals surface area (Å²) in [4.78, 5) is 15.5. The van der Waals surface area contributed by atoms with Crippen molar-refractivity contribution in [2.45, 2.75) is 88.1 Å². The molecule has 2 saturated carbocycles. The van der Waals surface area contributed by atoms with Gasteiger partial charge in [-0.3, -0.25) is 4.79 Å². The number of carbonyl (C=O) groups is 1. The normalized spacial score (nSPS) is 18.3. The maximum Gasteiger partial charge on any atom is 0.277 e. The van der Waals surface area contributed by atoms with Gasteiger partial charge < -0.3 is 14.1 Å². The maximum absolute atomic E-state index is 13.2. The van der Waals surface area contributed by atoms with Gasteiger partial charge in [-0.25, -0.2) is 0 Å². The molecule has 0 bridgehead atoms. The predicted molar refractivity (Wildman–Crippen MR) is 116 cm³/mol. The first-order valence-electron chi connectivity index (χ1n) is 11.2. The number of para-hydroxylation sites is 1. The maximum atomic E-state index is 13.2. The summed E-state index contributed by atoms with van der Waals surface area (Å²) in [5, 5.41) is 8.56. The molecule has 6 nitrogen and oxygen atoms in total. The lowest BCUT2D eigenvalue weighted by Gasteiger charge is -2.41. The molecule has 0 aliphatic heterocycles. The lowest BCUT2D eigenvalue weighted by atomic mass is 9.88. The molecule has 7 heteroatoms. The van der Waals surface area contributed by atoms with Crippen molar-refractivity contribution < 1.29 is 13.9 Å². The molecule has 162 valence electrons. The molecule has 2 aliphatic carbocycles. The zero-order valence-corrected chi connectivity index (χ0v) is 18.3. The van der Waals surface area contributed by atoms with Crippen molar-refractivity contribution in [3.8, 4) is 5.75 Å². The van der Waals surface area contributed by atoms with Crippen LogP contribution in [0.1, 0.15) is 70.1 Å². The molecule has 1 amide bonds. The van der Waals surface area contributed by atoms with Crippen LogP contribution in [-0.4, -0.2) is 38.8 Å². The fraction of sp³-hybridized carbons (Fsp3) is 0.609. The molecule has 2 fully saturated rings. The quantitative estimate of drug-likeness (QED) is 0.535. The number of ether oxygens (including phenoxy) is 1. The second-order valence-corrected chi connectivity index (χ2v) is 9.16. The molecular weight excluding hydrogens is 398 g/mol. The van der Waals surface area contributed by atoms with Crippen molar-refractivity contribution in [2.75, 3.05) is 5.75 Å². The van der Waals surface area contributed by atoms with Crippen molar-refractivity contribution >= 4 is 17.7 Å². The number of carbonyl (C=O) groups excluding carboxylic acids is 1. The summed E-state index contributed by atoms with van der Waals surface area (Å²) in [5.74, 6) is 1.76. The van der Waals surface area contributed by atoms with Gasteiger partial charge in [-0.05, 0) is 37.8 Å². The Morgan fingerprint density at radius 1 is 0.967 bits per heavy atom. The SMILES string of the molecule is O=C(CSc1nnc(COc2ccccc2)o1)N(C1CCCCC1)C1CCCCC1. The second-order valence-electron chi connectivity index (χ2n) is 8.24. The van der Waals surface area contributed by atoms with Crippen molar-refractivity contribution in [1.82, 2.24) is 15.1 Å². The van der Waals surface area contributed by atoms with Crippen molar-refractivity contribution in [2.24, 2.45) is 0 Å². The number of thioether (sulfide) groups is 1. The Kier molecular flexibility index (Phi) is 7.67. The Morgan fingerprint density at radius 3 is 2.23 bits per heavy atom. The first-order valence-corrected chi connectivity index (χ1v) is 12.2. The van der Waals surface area contributed by atoms with E-state index in [1.165, 1.54) is 50.3 Å². The van der Waals surface area contributed by atoms with Crippen molar-refractivity contribution in [3.63, 3.8) is 0 Å². The zero-order chi connectivity index (χ0) is 20.6. The number of benzene rings is 1. The minimum Gasteiger partial charge on any atom is -0.484 e. The largest absolute Gasteiger partial charge is 0.484 e. The van der Waals surface area contributed by atoms with Crippen LogP contribution in [-0.2, 0) is 11.4 Å². The number of aromatic nitrogens is 2. The van der Waals surface area contributed by atoms with E-state index in [0.717, 1.165) is 31.4 Å². The minimum atomic E-state index is 0.221. The Labute approximate surface area is 182 Å². The van der Waals surface area contributed by atoms with Crippen molar-refractivity contribution in [3.05, 3.63) is 36.2 Å². The summed E-state index contributed by atoms with van der Waals surface area (Å²) in [6.07, 6.45) is 12.1. The summed E-state index contributed by atoms with van der Waals surface area (Å²) in [7, 11) is 0. The third-order valence-corrected chi connectivity index (χ3v) is 6.90. The molecule has 0 spiro atoms. The van der Waals surface area contributed by atoms with Gasteiger partial charge in [-0.15, -0.1) is 10.2 Å². The summed E-state index contributed by atoms with van der Waals surface area (Å²) in [6, 6.07) is 10.4. The Morgan fingerprint density at radius 2 is 1.60 bits per heavy atom. The molecule has 0 atom stereocenters. The number of amides is 1. The van der Waals surface area contributed by atoms with E-state index in [2.05, 4.69) is 15.1 Å². The Balaban J connectivity index is 1.32. The molecule has 1 aromatic carbocycles. The topological polar surface area (TPSA) is 68.5 Å². The molecule has 0 N–H and O–H groups in total. The molecule has 0 saturated heterocycles. The fourth-order valence-electron chi connectivity index (χ4n) is 4.64. The lowest BCUT2D eigenvalue weighted by molar-refractivity contribution is -0.135. The van der Waals surface area contributed by atoms with Crippen LogP contribution in [0.5, 0.6) is 5.75 Å². The van der Waals surface area contributed by atoms with Crippen LogP contribution in [0.2, 0.25) is 0 Å². The molecule has 30 heavy (non-hydrogen) atoms. The molecule has 2 aromatic rings. The number of hydrogen-bond acceptors (Lipinski definition) is 6. The predicted octanol–water partition coefficient (Wildman–Crippen LogP) is 5.23. The zero-order valence-electron chi connectivity index (χ0n) is 17.5. The van der Waals surface area contributed by atoms with Gasteiger partial charge in [0.25, 0.3) is 11.1 Å². The standard InChI is InChI=1S/C23H31N3O3S/c27-22(26(18-10-4-1-5-11-18)19-12-6-2-7-13-19)17-30-23-25-24-21(29-23)16-28-20-14-8-3-9-15-20/h3,8-9,14-15,18-19H,1-2,4-7,10-13,16-17H2. The monoisotopic (exact) mass is 429 g/mol. The number of hydrogen-bond donors (Lipinski definition) is 0. The van der Waals surface area contributed by atoms with Crippen LogP contribution in [0.15, 0.2) is 40.0 Å². The first-order chi connectivity index (χ1) is 14.8. The molecule has 0 unspecified atom stereocenters. The van der Waals surface area contributed by atoms with Gasteiger partial charge >= 0.3 is 0 Å². The average Bonchev–Trinajstić information content (AvgIpc) is 3.27. The summed E-state index contributed by atoms with van der Waals surface area (Å²) in [5.41, 5.74) is 0.